The van der Waals surface area contributed by atoms with Crippen molar-refractivity contribution in [3.63, 3.8) is 0 Å². The van der Waals surface area contributed by atoms with Crippen LogP contribution in [-0.2, 0) is 11.2 Å². The molecule has 128 valence electrons. The van der Waals surface area contributed by atoms with Crippen LogP contribution < -0.4 is 10.5 Å². The molecule has 25 heavy (non-hydrogen) atoms. The number of nitrogens with two attached hydrogens (primary N) is 1. The summed E-state index contributed by atoms with van der Waals surface area (Å²) in [6.07, 6.45) is 0.200. The number of aliphatic hydroxyl groups excluding tert-OH is 1. The highest BCUT2D eigenvalue weighted by Crippen LogP contribution is 2.27. The quantitative estimate of drug-likeness (QED) is 0.724. The van der Waals surface area contributed by atoms with Gasteiger partial charge in [0.25, 0.3) is 0 Å². The SMILES string of the molecule is Cc1cc(-c2cccc(OCCO)c2)nc2cc(CC(N)=O)ccc12. The van der Waals surface area contributed by atoms with E-state index in [4.69, 9.17) is 20.6 Å². The van der Waals surface area contributed by atoms with E-state index in [1.165, 1.54) is 0 Å². The fraction of sp³-hybridized carbons (Fsp3) is 0.200. The lowest BCUT2D eigenvalue weighted by Gasteiger charge is -2.10. The Bertz CT molecular complexity index is 922. The average Bonchev–Trinajstić information content (AvgIpc) is 2.59. The fourth-order valence-electron chi connectivity index (χ4n) is 2.82. The molecule has 0 radical (unpaired) electrons. The van der Waals surface area contributed by atoms with Crippen LogP contribution in [0.4, 0.5) is 0 Å². The molecule has 0 bridgehead atoms. The van der Waals surface area contributed by atoms with E-state index >= 15 is 0 Å². The van der Waals surface area contributed by atoms with Crippen molar-refractivity contribution >= 4 is 16.8 Å². The van der Waals surface area contributed by atoms with Crippen LogP contribution >= 0.6 is 0 Å². The predicted molar refractivity (Wildman–Crippen MR) is 97.4 cm³/mol. The molecule has 0 atom stereocenters. The molecule has 2 aromatic carbocycles. The number of amides is 1. The first-order chi connectivity index (χ1) is 12.1. The number of aliphatic hydroxyl groups is 1. The van der Waals surface area contributed by atoms with Gasteiger partial charge in [-0.25, -0.2) is 4.98 Å². The average molecular weight is 336 g/mol. The van der Waals surface area contributed by atoms with Crippen molar-refractivity contribution in [2.24, 2.45) is 5.73 Å². The molecule has 5 heteroatoms. The highest BCUT2D eigenvalue weighted by molar-refractivity contribution is 5.87. The minimum absolute atomic E-state index is 0.0276. The van der Waals surface area contributed by atoms with Gasteiger partial charge in [0.05, 0.1) is 24.2 Å². The van der Waals surface area contributed by atoms with Gasteiger partial charge in [-0.1, -0.05) is 24.3 Å². The van der Waals surface area contributed by atoms with Gasteiger partial charge in [-0.15, -0.1) is 0 Å². The summed E-state index contributed by atoms with van der Waals surface area (Å²) in [6.45, 7) is 2.26. The third-order valence-electron chi connectivity index (χ3n) is 3.95. The van der Waals surface area contributed by atoms with Crippen LogP contribution in [0.1, 0.15) is 11.1 Å². The lowest BCUT2D eigenvalue weighted by molar-refractivity contribution is -0.117. The molecule has 1 heterocycles. The maximum Gasteiger partial charge on any atom is 0.221 e. The van der Waals surface area contributed by atoms with Gasteiger partial charge >= 0.3 is 0 Å². The van der Waals surface area contributed by atoms with E-state index in [9.17, 15) is 4.79 Å². The van der Waals surface area contributed by atoms with Crippen molar-refractivity contribution in [2.75, 3.05) is 13.2 Å². The Morgan fingerprint density at radius 2 is 2.04 bits per heavy atom. The van der Waals surface area contributed by atoms with E-state index in [2.05, 4.69) is 0 Å². The Morgan fingerprint density at radius 1 is 1.20 bits per heavy atom. The fourth-order valence-corrected chi connectivity index (χ4v) is 2.82. The standard InChI is InChI=1S/C20H20N2O3/c1-13-9-18(15-3-2-4-16(12-15)25-8-7-23)22-19-10-14(11-20(21)24)5-6-17(13)19/h2-6,9-10,12,23H,7-8,11H2,1H3,(H2,21,24). The molecule has 0 spiro atoms. The third kappa shape index (κ3) is 3.95. The van der Waals surface area contributed by atoms with Gasteiger partial charge in [0.1, 0.15) is 12.4 Å². The number of carbonyl (C=O) groups excluding carboxylic acids is 1. The summed E-state index contributed by atoms with van der Waals surface area (Å²) in [5.74, 6) is 0.328. The predicted octanol–water partition coefficient (Wildman–Crippen LogP) is 2.61. The zero-order valence-electron chi connectivity index (χ0n) is 14.0. The second-order valence-electron chi connectivity index (χ2n) is 5.92. The van der Waals surface area contributed by atoms with E-state index in [0.29, 0.717) is 5.75 Å². The molecule has 1 amide bonds. The Kier molecular flexibility index (Phi) is 4.95. The van der Waals surface area contributed by atoms with Crippen LogP contribution in [0.5, 0.6) is 5.75 Å². The first-order valence-electron chi connectivity index (χ1n) is 8.09. The van der Waals surface area contributed by atoms with Crippen molar-refractivity contribution < 1.29 is 14.6 Å². The van der Waals surface area contributed by atoms with Crippen LogP contribution in [0.25, 0.3) is 22.2 Å². The number of carbonyl (C=O) groups is 1. The number of primary amides is 1. The van der Waals surface area contributed by atoms with Gasteiger partial charge in [-0.3, -0.25) is 4.79 Å². The van der Waals surface area contributed by atoms with Gasteiger partial charge in [0.15, 0.2) is 0 Å². The van der Waals surface area contributed by atoms with Crippen molar-refractivity contribution in [1.29, 1.82) is 0 Å². The summed E-state index contributed by atoms with van der Waals surface area (Å²) in [6, 6.07) is 15.4. The Labute approximate surface area is 146 Å². The Balaban J connectivity index is 2.03. The van der Waals surface area contributed by atoms with E-state index in [1.807, 2.05) is 55.5 Å². The van der Waals surface area contributed by atoms with Crippen LogP contribution in [0.15, 0.2) is 48.5 Å². The lowest BCUT2D eigenvalue weighted by atomic mass is 10.0. The van der Waals surface area contributed by atoms with Gasteiger partial charge < -0.3 is 15.6 Å². The van der Waals surface area contributed by atoms with Crippen LogP contribution in [0.3, 0.4) is 0 Å². The van der Waals surface area contributed by atoms with Crippen molar-refractivity contribution in [1.82, 2.24) is 4.98 Å². The molecule has 0 fully saturated rings. The largest absolute Gasteiger partial charge is 0.491 e. The summed E-state index contributed by atoms with van der Waals surface area (Å²) >= 11 is 0. The van der Waals surface area contributed by atoms with Crippen LogP contribution in [-0.4, -0.2) is 29.2 Å². The van der Waals surface area contributed by atoms with Gasteiger partial charge in [-0.05, 0) is 42.3 Å². The minimum atomic E-state index is -0.360. The summed E-state index contributed by atoms with van der Waals surface area (Å²) in [5, 5.41) is 9.93. The molecule has 0 aliphatic heterocycles. The normalized spacial score (nSPS) is 10.8. The second kappa shape index (κ2) is 7.32. The first-order valence-corrected chi connectivity index (χ1v) is 8.09. The second-order valence-corrected chi connectivity index (χ2v) is 5.92. The van der Waals surface area contributed by atoms with Crippen LogP contribution in [0.2, 0.25) is 0 Å². The third-order valence-corrected chi connectivity index (χ3v) is 3.95. The van der Waals surface area contributed by atoms with Gasteiger partial charge in [0.2, 0.25) is 5.91 Å². The molecule has 3 rings (SSSR count). The highest BCUT2D eigenvalue weighted by atomic mass is 16.5. The molecule has 0 saturated heterocycles. The van der Waals surface area contributed by atoms with Crippen molar-refractivity contribution in [2.45, 2.75) is 13.3 Å². The zero-order valence-corrected chi connectivity index (χ0v) is 14.0. The summed E-state index contributed by atoms with van der Waals surface area (Å²) in [4.78, 5) is 15.9. The van der Waals surface area contributed by atoms with Crippen molar-refractivity contribution in [3.05, 3.63) is 59.7 Å². The number of rotatable bonds is 6. The first kappa shape index (κ1) is 16.9. The summed E-state index contributed by atoms with van der Waals surface area (Å²) in [5.41, 5.74) is 9.83. The molecule has 3 aromatic rings. The smallest absolute Gasteiger partial charge is 0.221 e. The minimum Gasteiger partial charge on any atom is -0.491 e. The van der Waals surface area contributed by atoms with E-state index in [-0.39, 0.29) is 25.5 Å². The molecular weight excluding hydrogens is 316 g/mol. The van der Waals surface area contributed by atoms with E-state index < -0.39 is 0 Å². The maximum atomic E-state index is 11.2. The molecule has 3 N–H and O–H groups in total. The Hall–Kier alpha value is -2.92. The monoisotopic (exact) mass is 336 g/mol. The van der Waals surface area contributed by atoms with Gasteiger partial charge in [-0.2, -0.15) is 0 Å². The summed E-state index contributed by atoms with van der Waals surface area (Å²) < 4.78 is 5.47. The number of aromatic nitrogens is 1. The molecular formula is C20H20N2O3. The number of fused-ring (bicyclic) bond motifs is 1. The molecule has 0 aliphatic carbocycles. The topological polar surface area (TPSA) is 85.4 Å². The number of benzene rings is 2. The van der Waals surface area contributed by atoms with E-state index in [1.54, 1.807) is 0 Å². The van der Waals surface area contributed by atoms with Gasteiger partial charge in [0, 0.05) is 10.9 Å². The van der Waals surface area contributed by atoms with Crippen LogP contribution in [0, 0.1) is 6.92 Å². The number of hydrogen-bond donors (Lipinski definition) is 2. The number of ether oxygens (including phenoxy) is 1. The Morgan fingerprint density at radius 3 is 2.80 bits per heavy atom. The number of nitrogens with zero attached hydrogens (tertiary/aromatic N) is 1. The molecule has 0 unspecified atom stereocenters. The molecule has 0 saturated carbocycles. The summed E-state index contributed by atoms with van der Waals surface area (Å²) in [7, 11) is 0. The van der Waals surface area contributed by atoms with E-state index in [0.717, 1.165) is 33.3 Å². The van der Waals surface area contributed by atoms with Crippen molar-refractivity contribution in [3.8, 4) is 17.0 Å². The molecule has 0 aliphatic rings. The molecule has 1 aromatic heterocycles. The zero-order chi connectivity index (χ0) is 17.8. The highest BCUT2D eigenvalue weighted by Gasteiger charge is 2.08. The lowest BCUT2D eigenvalue weighted by Crippen LogP contribution is -2.13. The number of aryl methyl sites for hydroxylation is 1. The maximum absolute atomic E-state index is 11.2. The number of pyridine rings is 1. The molecule has 5 nitrogen and oxygen atoms in total. The number of hydrogen-bond acceptors (Lipinski definition) is 4.